The molecule has 0 aliphatic carbocycles. The highest BCUT2D eigenvalue weighted by Crippen LogP contribution is 2.38. The number of nitrogens with two attached hydrogens (primary N) is 1. The predicted molar refractivity (Wildman–Crippen MR) is 75.5 cm³/mol. The summed E-state index contributed by atoms with van der Waals surface area (Å²) in [5.74, 6) is -0.450. The lowest BCUT2D eigenvalue weighted by molar-refractivity contribution is 0.0607. The third-order valence-electron chi connectivity index (χ3n) is 2.33. The van der Waals surface area contributed by atoms with Crippen molar-refractivity contribution in [1.29, 1.82) is 0 Å². The van der Waals surface area contributed by atoms with E-state index in [1.54, 1.807) is 24.3 Å². The molecule has 0 amide bonds. The number of carbonyl (C=O) groups excluding carboxylic acids is 1. The summed E-state index contributed by atoms with van der Waals surface area (Å²) in [7, 11) is 1.32. The molecule has 0 aliphatic heterocycles. The summed E-state index contributed by atoms with van der Waals surface area (Å²) in [5, 5.41) is 1.07. The minimum atomic E-state index is -0.450. The fraction of sp³-hybridized carbons (Fsp3) is 0.0833. The van der Waals surface area contributed by atoms with Crippen LogP contribution in [-0.2, 0) is 4.74 Å². The summed E-state index contributed by atoms with van der Waals surface area (Å²) in [6, 6.07) is 6.87. The second-order valence-corrected chi connectivity index (χ2v) is 5.41. The van der Waals surface area contributed by atoms with Gasteiger partial charge in [0.15, 0.2) is 0 Å². The largest absolute Gasteiger partial charge is 0.465 e. The lowest BCUT2D eigenvalue weighted by Gasteiger charge is -2.01. The second kappa shape index (κ2) is 5.18. The molecule has 18 heavy (non-hydrogen) atoms. The van der Waals surface area contributed by atoms with Crippen molar-refractivity contribution >= 4 is 46.2 Å². The highest BCUT2D eigenvalue weighted by molar-refractivity contribution is 7.18. The first kappa shape index (κ1) is 13.2. The van der Waals surface area contributed by atoms with Crippen LogP contribution in [0.25, 0.3) is 10.4 Å². The lowest BCUT2D eigenvalue weighted by atomic mass is 10.2. The van der Waals surface area contributed by atoms with Gasteiger partial charge in [0.25, 0.3) is 0 Å². The van der Waals surface area contributed by atoms with Crippen LogP contribution in [0, 0.1) is 0 Å². The highest BCUT2D eigenvalue weighted by atomic mass is 35.5. The Kier molecular flexibility index (Phi) is 3.80. The minimum absolute atomic E-state index is 0.374. The summed E-state index contributed by atoms with van der Waals surface area (Å²) >= 11 is 13.2. The maximum absolute atomic E-state index is 11.5. The van der Waals surface area contributed by atoms with E-state index < -0.39 is 5.97 Å². The van der Waals surface area contributed by atoms with E-state index in [0.717, 1.165) is 10.4 Å². The van der Waals surface area contributed by atoms with Crippen LogP contribution >= 0.6 is 34.5 Å². The zero-order valence-corrected chi connectivity index (χ0v) is 11.7. The number of rotatable bonds is 2. The highest BCUT2D eigenvalue weighted by Gasteiger charge is 2.16. The summed E-state index contributed by atoms with van der Waals surface area (Å²) < 4.78 is 4.65. The third-order valence-corrected chi connectivity index (χ3v) is 4.04. The summed E-state index contributed by atoms with van der Waals surface area (Å²) in [6.07, 6.45) is 0. The standard InChI is InChI=1S/C12H9Cl2NO2S/c1-17-12(16)11-9(15)5-10(18-11)7-3-2-6(13)4-8(7)14/h2-5H,15H2,1H3. The van der Waals surface area contributed by atoms with Crippen molar-refractivity contribution < 1.29 is 9.53 Å². The zero-order valence-electron chi connectivity index (χ0n) is 9.37. The van der Waals surface area contributed by atoms with Crippen molar-refractivity contribution in [2.24, 2.45) is 0 Å². The number of ether oxygens (including phenoxy) is 1. The van der Waals surface area contributed by atoms with E-state index in [1.807, 2.05) is 0 Å². The van der Waals surface area contributed by atoms with Crippen LogP contribution in [-0.4, -0.2) is 13.1 Å². The van der Waals surface area contributed by atoms with Gasteiger partial charge in [-0.05, 0) is 18.2 Å². The predicted octanol–water partition coefficient (Wildman–Crippen LogP) is 4.09. The third kappa shape index (κ3) is 2.46. The number of halogens is 2. The van der Waals surface area contributed by atoms with Gasteiger partial charge >= 0.3 is 5.97 Å². The van der Waals surface area contributed by atoms with Gasteiger partial charge in [-0.3, -0.25) is 0 Å². The number of benzene rings is 1. The number of nitrogen functional groups attached to an aromatic ring is 1. The first-order chi connectivity index (χ1) is 8.52. The van der Waals surface area contributed by atoms with Gasteiger partial charge < -0.3 is 10.5 Å². The number of anilines is 1. The minimum Gasteiger partial charge on any atom is -0.465 e. The number of carbonyl (C=O) groups is 1. The van der Waals surface area contributed by atoms with Crippen molar-refractivity contribution in [3.8, 4) is 10.4 Å². The molecule has 0 fully saturated rings. The smallest absolute Gasteiger partial charge is 0.350 e. The molecule has 0 unspecified atom stereocenters. The number of esters is 1. The molecule has 1 heterocycles. The molecule has 0 bridgehead atoms. The maximum Gasteiger partial charge on any atom is 0.350 e. The van der Waals surface area contributed by atoms with Gasteiger partial charge in [-0.2, -0.15) is 0 Å². The van der Waals surface area contributed by atoms with Gasteiger partial charge in [0.2, 0.25) is 0 Å². The zero-order chi connectivity index (χ0) is 13.3. The molecule has 0 saturated carbocycles. The van der Waals surface area contributed by atoms with E-state index in [0.29, 0.717) is 20.6 Å². The first-order valence-electron chi connectivity index (χ1n) is 4.96. The van der Waals surface area contributed by atoms with Crippen molar-refractivity contribution in [3.63, 3.8) is 0 Å². The molecular formula is C12H9Cl2NO2S. The Bertz CT molecular complexity index is 610. The number of hydrogen-bond donors (Lipinski definition) is 1. The average Bonchev–Trinajstić information content (AvgIpc) is 2.70. The van der Waals surface area contributed by atoms with Crippen LogP contribution in [0.5, 0.6) is 0 Å². The van der Waals surface area contributed by atoms with E-state index in [2.05, 4.69) is 4.74 Å². The molecule has 6 heteroatoms. The van der Waals surface area contributed by atoms with Crippen molar-refractivity contribution in [2.75, 3.05) is 12.8 Å². The van der Waals surface area contributed by atoms with Gasteiger partial charge in [-0.25, -0.2) is 4.79 Å². The number of thiophene rings is 1. The molecule has 0 aliphatic rings. The first-order valence-corrected chi connectivity index (χ1v) is 6.53. The molecule has 3 nitrogen and oxygen atoms in total. The summed E-state index contributed by atoms with van der Waals surface area (Å²) in [6.45, 7) is 0. The Hall–Kier alpha value is -1.23. The molecule has 2 N–H and O–H groups in total. The molecule has 0 saturated heterocycles. The molecule has 1 aromatic heterocycles. The number of hydrogen-bond acceptors (Lipinski definition) is 4. The molecule has 2 rings (SSSR count). The van der Waals surface area contributed by atoms with Crippen LogP contribution in [0.4, 0.5) is 5.69 Å². The van der Waals surface area contributed by atoms with Crippen molar-refractivity contribution in [1.82, 2.24) is 0 Å². The van der Waals surface area contributed by atoms with E-state index in [-0.39, 0.29) is 0 Å². The molecule has 2 aromatic rings. The van der Waals surface area contributed by atoms with Gasteiger partial charge in [0.1, 0.15) is 4.88 Å². The Balaban J connectivity index is 2.49. The average molecular weight is 302 g/mol. The monoisotopic (exact) mass is 301 g/mol. The molecule has 0 spiro atoms. The molecule has 94 valence electrons. The summed E-state index contributed by atoms with van der Waals surface area (Å²) in [4.78, 5) is 12.6. The molecule has 0 radical (unpaired) electrons. The van der Waals surface area contributed by atoms with E-state index >= 15 is 0 Å². The maximum atomic E-state index is 11.5. The fourth-order valence-electron chi connectivity index (χ4n) is 1.48. The van der Waals surface area contributed by atoms with Crippen LogP contribution in [0.3, 0.4) is 0 Å². The van der Waals surface area contributed by atoms with Crippen LogP contribution in [0.15, 0.2) is 24.3 Å². The Morgan fingerprint density at radius 3 is 2.67 bits per heavy atom. The number of methoxy groups -OCH3 is 1. The Morgan fingerprint density at radius 2 is 2.06 bits per heavy atom. The van der Waals surface area contributed by atoms with Gasteiger partial charge in [0, 0.05) is 15.5 Å². The van der Waals surface area contributed by atoms with E-state index in [1.165, 1.54) is 18.4 Å². The molecular weight excluding hydrogens is 293 g/mol. The normalized spacial score (nSPS) is 10.4. The topological polar surface area (TPSA) is 52.3 Å². The van der Waals surface area contributed by atoms with Crippen molar-refractivity contribution in [2.45, 2.75) is 0 Å². The van der Waals surface area contributed by atoms with Gasteiger partial charge in [0.05, 0.1) is 17.8 Å². The lowest BCUT2D eigenvalue weighted by Crippen LogP contribution is -2.00. The van der Waals surface area contributed by atoms with Gasteiger partial charge in [-0.15, -0.1) is 11.3 Å². The SMILES string of the molecule is COC(=O)c1sc(-c2ccc(Cl)cc2Cl)cc1N. The Labute approximate surface area is 118 Å². The van der Waals surface area contributed by atoms with E-state index in [4.69, 9.17) is 28.9 Å². The molecule has 0 atom stereocenters. The fourth-order valence-corrected chi connectivity index (χ4v) is 3.08. The summed E-state index contributed by atoms with van der Waals surface area (Å²) in [5.41, 5.74) is 6.94. The van der Waals surface area contributed by atoms with Crippen LogP contribution < -0.4 is 5.73 Å². The van der Waals surface area contributed by atoms with Gasteiger partial charge in [-0.1, -0.05) is 29.3 Å². The second-order valence-electron chi connectivity index (χ2n) is 3.51. The van der Waals surface area contributed by atoms with Crippen LogP contribution in [0.2, 0.25) is 10.0 Å². The Morgan fingerprint density at radius 1 is 1.33 bits per heavy atom. The van der Waals surface area contributed by atoms with Crippen LogP contribution in [0.1, 0.15) is 9.67 Å². The quantitative estimate of drug-likeness (QED) is 0.850. The molecule has 1 aromatic carbocycles. The van der Waals surface area contributed by atoms with E-state index in [9.17, 15) is 4.79 Å². The van der Waals surface area contributed by atoms with Crippen molar-refractivity contribution in [3.05, 3.63) is 39.2 Å².